The molecule has 0 unspecified atom stereocenters. The summed E-state index contributed by atoms with van der Waals surface area (Å²) < 4.78 is 0. The van der Waals surface area contributed by atoms with Crippen molar-refractivity contribution in [2.75, 3.05) is 0 Å². The van der Waals surface area contributed by atoms with E-state index in [2.05, 4.69) is 16.6 Å². The number of rotatable bonds is 4. The van der Waals surface area contributed by atoms with Gasteiger partial charge in [-0.15, -0.1) is 6.58 Å². The summed E-state index contributed by atoms with van der Waals surface area (Å²) in [5.41, 5.74) is 2.81. The van der Waals surface area contributed by atoms with Gasteiger partial charge in [-0.1, -0.05) is 41.1 Å². The van der Waals surface area contributed by atoms with Crippen molar-refractivity contribution in [3.63, 3.8) is 0 Å². The van der Waals surface area contributed by atoms with Crippen LogP contribution in [0.25, 0.3) is 0 Å². The van der Waals surface area contributed by atoms with Gasteiger partial charge in [0.25, 0.3) is 0 Å². The normalized spacial score (nSPS) is 11.0. The highest BCUT2D eigenvalue weighted by atomic mass is 16.7. The number of carbonyl (C=O) groups is 1. The van der Waals surface area contributed by atoms with E-state index in [0.717, 1.165) is 5.56 Å². The van der Waals surface area contributed by atoms with Crippen LogP contribution in [-0.4, -0.2) is 11.7 Å². The number of carbonyl (C=O) groups excluding carboxylic acids is 1. The summed E-state index contributed by atoms with van der Waals surface area (Å²) in [5.74, 6) is -0.423. The number of hydrogen-bond acceptors (Lipinski definition) is 3. The van der Waals surface area contributed by atoms with Gasteiger partial charge in [0.2, 0.25) is 0 Å². The van der Waals surface area contributed by atoms with Crippen LogP contribution in [0.4, 0.5) is 0 Å². The highest BCUT2D eigenvalue weighted by Crippen LogP contribution is 2.08. The smallest absolute Gasteiger partial charge is 0.318 e. The second-order valence-electron chi connectivity index (χ2n) is 3.48. The van der Waals surface area contributed by atoms with E-state index in [1.165, 1.54) is 12.5 Å². The maximum Gasteiger partial charge on any atom is 0.331 e. The van der Waals surface area contributed by atoms with Crippen molar-refractivity contribution in [3.8, 4) is 0 Å². The number of nitrogens with zero attached hydrogens (tertiary/aromatic N) is 1. The van der Waals surface area contributed by atoms with Crippen LogP contribution in [0.15, 0.2) is 42.1 Å². The lowest BCUT2D eigenvalue weighted by atomic mass is 10.1. The molecule has 0 aromatic heterocycles. The molecule has 0 amide bonds. The molecule has 3 heteroatoms. The molecule has 16 heavy (non-hydrogen) atoms. The van der Waals surface area contributed by atoms with Gasteiger partial charge in [0.1, 0.15) is 0 Å². The number of aryl methyl sites for hydroxylation is 1. The molecule has 0 spiro atoms. The minimum absolute atomic E-state index is 0.423. The van der Waals surface area contributed by atoms with Crippen molar-refractivity contribution >= 4 is 11.7 Å². The summed E-state index contributed by atoms with van der Waals surface area (Å²) in [4.78, 5) is 15.3. The summed E-state index contributed by atoms with van der Waals surface area (Å²) in [6, 6.07) is 7.87. The quantitative estimate of drug-likeness (QED) is 0.336. The second kappa shape index (κ2) is 5.85. The monoisotopic (exact) mass is 217 g/mol. The van der Waals surface area contributed by atoms with Crippen molar-refractivity contribution in [2.24, 2.45) is 5.16 Å². The van der Waals surface area contributed by atoms with Gasteiger partial charge in [0.15, 0.2) is 0 Å². The molecule has 1 rings (SSSR count). The molecule has 0 radical (unpaired) electrons. The Morgan fingerprint density at radius 3 is 2.56 bits per heavy atom. The number of hydrogen-bond donors (Lipinski definition) is 0. The molecule has 0 saturated carbocycles. The molecule has 0 aliphatic heterocycles. The Bertz CT molecular complexity index is 404. The maximum atomic E-state index is 10.7. The Balaban J connectivity index is 2.92. The van der Waals surface area contributed by atoms with Crippen LogP contribution in [0.1, 0.15) is 24.5 Å². The van der Waals surface area contributed by atoms with Crippen molar-refractivity contribution in [1.29, 1.82) is 0 Å². The molecule has 0 saturated heterocycles. The van der Waals surface area contributed by atoms with Gasteiger partial charge in [0.05, 0.1) is 5.71 Å². The molecule has 0 N–H and O–H groups in total. The third-order valence-electron chi connectivity index (χ3n) is 2.01. The topological polar surface area (TPSA) is 38.7 Å². The van der Waals surface area contributed by atoms with E-state index in [-0.39, 0.29) is 0 Å². The first-order chi connectivity index (χ1) is 7.63. The summed E-state index contributed by atoms with van der Waals surface area (Å²) in [6.45, 7) is 6.99. The van der Waals surface area contributed by atoms with Gasteiger partial charge in [-0.25, -0.2) is 4.79 Å². The zero-order valence-electron chi connectivity index (χ0n) is 9.56. The molecule has 1 aromatic rings. The molecule has 3 nitrogen and oxygen atoms in total. The van der Waals surface area contributed by atoms with E-state index in [1.54, 1.807) is 6.08 Å². The Labute approximate surface area is 95.4 Å². The van der Waals surface area contributed by atoms with E-state index in [0.29, 0.717) is 12.1 Å². The number of oxime groups is 1. The van der Waals surface area contributed by atoms with Gasteiger partial charge in [-0.05, 0) is 12.5 Å². The average Bonchev–Trinajstić information content (AvgIpc) is 2.25. The predicted octanol–water partition coefficient (Wildman–Crippen LogP) is 2.84. The zero-order valence-corrected chi connectivity index (χ0v) is 9.56. The fraction of sp³-hybridized carbons (Fsp3) is 0.231. The highest BCUT2D eigenvalue weighted by molar-refractivity contribution is 6.01. The molecule has 84 valence electrons. The van der Waals surface area contributed by atoms with E-state index < -0.39 is 5.97 Å². The van der Waals surface area contributed by atoms with Crippen LogP contribution < -0.4 is 0 Å². The summed E-state index contributed by atoms with van der Waals surface area (Å²) >= 11 is 0. The highest BCUT2D eigenvalue weighted by Gasteiger charge is 2.03. The van der Waals surface area contributed by atoms with Crippen LogP contribution in [-0.2, 0) is 9.63 Å². The lowest BCUT2D eigenvalue weighted by molar-refractivity contribution is -0.140. The molecule has 0 heterocycles. The van der Waals surface area contributed by atoms with Crippen LogP contribution in [0, 0.1) is 6.92 Å². The van der Waals surface area contributed by atoms with Gasteiger partial charge in [0, 0.05) is 13.3 Å². The first-order valence-corrected chi connectivity index (χ1v) is 5.06. The Morgan fingerprint density at radius 1 is 1.44 bits per heavy atom. The summed E-state index contributed by atoms with van der Waals surface area (Å²) in [7, 11) is 0. The van der Waals surface area contributed by atoms with E-state index in [9.17, 15) is 4.79 Å². The molecule has 0 aliphatic carbocycles. The molecule has 1 aromatic carbocycles. The molecular weight excluding hydrogens is 202 g/mol. The molecule has 0 atom stereocenters. The van der Waals surface area contributed by atoms with Crippen molar-refractivity contribution in [2.45, 2.75) is 20.3 Å². The SMILES string of the molecule is C=CC/C(=N\OC(C)=O)c1ccc(C)cc1. The van der Waals surface area contributed by atoms with Crippen LogP contribution >= 0.6 is 0 Å². The Kier molecular flexibility index (Phi) is 4.45. The predicted molar refractivity (Wildman–Crippen MR) is 64.3 cm³/mol. The zero-order chi connectivity index (χ0) is 12.0. The summed E-state index contributed by atoms with van der Waals surface area (Å²) in [5, 5.41) is 3.81. The average molecular weight is 217 g/mol. The van der Waals surface area contributed by atoms with E-state index in [4.69, 9.17) is 0 Å². The number of allylic oxidation sites excluding steroid dienone is 1. The van der Waals surface area contributed by atoms with Crippen LogP contribution in [0.2, 0.25) is 0 Å². The fourth-order valence-electron chi connectivity index (χ4n) is 1.21. The third kappa shape index (κ3) is 3.69. The molecule has 0 fully saturated rings. The van der Waals surface area contributed by atoms with E-state index in [1.807, 2.05) is 31.2 Å². The van der Waals surface area contributed by atoms with Gasteiger partial charge >= 0.3 is 5.97 Å². The first-order valence-electron chi connectivity index (χ1n) is 5.06. The van der Waals surface area contributed by atoms with Crippen molar-refractivity contribution in [3.05, 3.63) is 48.0 Å². The number of benzene rings is 1. The van der Waals surface area contributed by atoms with Crippen LogP contribution in [0.5, 0.6) is 0 Å². The lowest BCUT2D eigenvalue weighted by Crippen LogP contribution is -2.03. The van der Waals surface area contributed by atoms with E-state index >= 15 is 0 Å². The second-order valence-corrected chi connectivity index (χ2v) is 3.48. The molecule has 0 bridgehead atoms. The Hall–Kier alpha value is -1.90. The molecular formula is C13H15NO2. The standard InChI is InChI=1S/C13H15NO2/c1-4-5-13(14-16-11(3)15)12-8-6-10(2)7-9-12/h4,6-9H,1,5H2,2-3H3/b14-13+. The van der Waals surface area contributed by atoms with Crippen LogP contribution in [0.3, 0.4) is 0 Å². The van der Waals surface area contributed by atoms with Crippen molar-refractivity contribution < 1.29 is 9.63 Å². The maximum absolute atomic E-state index is 10.7. The van der Waals surface area contributed by atoms with Gasteiger partial charge in [-0.3, -0.25) is 0 Å². The lowest BCUT2D eigenvalue weighted by Gasteiger charge is -2.03. The largest absolute Gasteiger partial charge is 0.331 e. The summed E-state index contributed by atoms with van der Waals surface area (Å²) in [6.07, 6.45) is 2.29. The minimum atomic E-state index is -0.423. The van der Waals surface area contributed by atoms with Gasteiger partial charge in [-0.2, -0.15) is 0 Å². The fourth-order valence-corrected chi connectivity index (χ4v) is 1.21. The Morgan fingerprint density at radius 2 is 2.06 bits per heavy atom. The van der Waals surface area contributed by atoms with Gasteiger partial charge < -0.3 is 4.84 Å². The minimum Gasteiger partial charge on any atom is -0.318 e. The van der Waals surface area contributed by atoms with Crippen molar-refractivity contribution in [1.82, 2.24) is 0 Å². The third-order valence-corrected chi connectivity index (χ3v) is 2.01. The molecule has 0 aliphatic rings. The first kappa shape index (κ1) is 12.2.